The number of Topliss-reactive ketones (excluding diaryl/α,β-unsaturated/α-hetero) is 1. The molecule has 1 amide bonds. The minimum Gasteiger partial charge on any atom is -0.507 e. The maximum atomic E-state index is 13.4. The number of anilines is 1. The van der Waals surface area contributed by atoms with Gasteiger partial charge in [0.05, 0.1) is 11.6 Å². The van der Waals surface area contributed by atoms with Crippen molar-refractivity contribution < 1.29 is 19.4 Å². The maximum Gasteiger partial charge on any atom is 0.301 e. The van der Waals surface area contributed by atoms with E-state index in [1.165, 1.54) is 46.0 Å². The Labute approximate surface area is 233 Å². The molecule has 2 aromatic carbocycles. The molecule has 10 heteroatoms. The number of ether oxygens (including phenoxy) is 1. The molecule has 1 aliphatic heterocycles. The van der Waals surface area contributed by atoms with E-state index in [4.69, 9.17) is 4.74 Å². The number of rotatable bonds is 9. The highest BCUT2D eigenvalue weighted by molar-refractivity contribution is 8.00. The van der Waals surface area contributed by atoms with Gasteiger partial charge in [-0.25, -0.2) is 0 Å². The monoisotopic (exact) mass is 556 g/mol. The molecule has 5 rings (SSSR count). The van der Waals surface area contributed by atoms with Crippen molar-refractivity contribution in [2.75, 3.05) is 11.5 Å². The summed E-state index contributed by atoms with van der Waals surface area (Å²) in [5.74, 6) is -0.676. The van der Waals surface area contributed by atoms with Crippen molar-refractivity contribution in [3.63, 3.8) is 0 Å². The van der Waals surface area contributed by atoms with Crippen LogP contribution in [0, 0.1) is 6.92 Å². The number of aromatic nitrogens is 3. The van der Waals surface area contributed by atoms with E-state index in [2.05, 4.69) is 46.0 Å². The number of ketones is 1. The quantitative estimate of drug-likeness (QED) is 0.0696. The lowest BCUT2D eigenvalue weighted by molar-refractivity contribution is -0.132. The minimum absolute atomic E-state index is 0.0453. The zero-order chi connectivity index (χ0) is 27.4. The van der Waals surface area contributed by atoms with E-state index in [0.717, 1.165) is 5.56 Å². The number of aliphatic hydroxyl groups is 1. The van der Waals surface area contributed by atoms with Crippen LogP contribution in [0.1, 0.15) is 28.3 Å². The maximum absolute atomic E-state index is 13.4. The molecule has 3 heterocycles. The highest BCUT2D eigenvalue weighted by Crippen LogP contribution is 2.44. The fraction of sp³-hybridized carbons (Fsp3) is 0.138. The number of amides is 1. The zero-order valence-corrected chi connectivity index (χ0v) is 22.6. The molecule has 0 radical (unpaired) electrons. The minimum atomic E-state index is -0.937. The van der Waals surface area contributed by atoms with Crippen LogP contribution in [0.15, 0.2) is 95.6 Å². The second kappa shape index (κ2) is 11.6. The predicted molar refractivity (Wildman–Crippen MR) is 152 cm³/mol. The molecule has 1 aliphatic rings. The fourth-order valence-corrected chi connectivity index (χ4v) is 5.95. The third-order valence-electron chi connectivity index (χ3n) is 6.02. The second-order valence-electron chi connectivity index (χ2n) is 8.70. The molecule has 1 atom stereocenters. The Hall–Kier alpha value is -4.28. The number of carbonyl (C=O) groups is 2. The second-order valence-corrected chi connectivity index (χ2v) is 10.9. The fourth-order valence-electron chi connectivity index (χ4n) is 4.13. The number of hydrogen-bond acceptors (Lipinski definition) is 9. The summed E-state index contributed by atoms with van der Waals surface area (Å²) in [7, 11) is 0. The van der Waals surface area contributed by atoms with Crippen molar-refractivity contribution in [3.8, 4) is 5.75 Å². The Morgan fingerprint density at radius 3 is 2.64 bits per heavy atom. The van der Waals surface area contributed by atoms with Gasteiger partial charge in [-0.2, -0.15) is 0 Å². The van der Waals surface area contributed by atoms with Gasteiger partial charge in [-0.15, -0.1) is 10.2 Å². The Morgan fingerprint density at radius 1 is 1.13 bits per heavy atom. The Balaban J connectivity index is 1.54. The van der Waals surface area contributed by atoms with Crippen LogP contribution in [-0.2, 0) is 15.3 Å². The van der Waals surface area contributed by atoms with Gasteiger partial charge in [-0.05, 0) is 42.3 Å². The van der Waals surface area contributed by atoms with Crippen LogP contribution in [0.2, 0.25) is 0 Å². The van der Waals surface area contributed by atoms with Gasteiger partial charge in [0, 0.05) is 23.7 Å². The summed E-state index contributed by atoms with van der Waals surface area (Å²) in [6.07, 6.45) is 4.64. The lowest BCUT2D eigenvalue weighted by Crippen LogP contribution is -2.29. The summed E-state index contributed by atoms with van der Waals surface area (Å²) >= 11 is 2.72. The Kier molecular flexibility index (Phi) is 7.85. The number of aryl methyl sites for hydroxylation is 1. The van der Waals surface area contributed by atoms with Gasteiger partial charge in [0.15, 0.2) is 4.34 Å². The number of pyridine rings is 1. The molecule has 196 valence electrons. The molecule has 0 aliphatic carbocycles. The first kappa shape index (κ1) is 26.3. The summed E-state index contributed by atoms with van der Waals surface area (Å²) in [4.78, 5) is 32.1. The van der Waals surface area contributed by atoms with Gasteiger partial charge in [0.1, 0.15) is 18.1 Å². The van der Waals surface area contributed by atoms with Crippen LogP contribution in [-0.4, -0.2) is 38.6 Å². The van der Waals surface area contributed by atoms with Crippen LogP contribution >= 0.6 is 23.1 Å². The molecular formula is C29H24N4O4S2. The molecule has 8 nitrogen and oxygen atoms in total. The number of carbonyl (C=O) groups excluding carboxylic acids is 2. The van der Waals surface area contributed by atoms with Crippen LogP contribution in [0.5, 0.6) is 5.75 Å². The van der Waals surface area contributed by atoms with E-state index in [-0.39, 0.29) is 16.5 Å². The van der Waals surface area contributed by atoms with Crippen LogP contribution in [0.4, 0.5) is 5.13 Å². The molecule has 1 N–H and O–H groups in total. The molecule has 39 heavy (non-hydrogen) atoms. The van der Waals surface area contributed by atoms with Gasteiger partial charge in [-0.1, -0.05) is 77.7 Å². The Morgan fingerprint density at radius 2 is 1.90 bits per heavy atom. The normalized spacial score (nSPS) is 16.4. The highest BCUT2D eigenvalue weighted by Gasteiger charge is 2.48. The third kappa shape index (κ3) is 5.62. The van der Waals surface area contributed by atoms with Gasteiger partial charge in [0.25, 0.3) is 5.78 Å². The smallest absolute Gasteiger partial charge is 0.301 e. The van der Waals surface area contributed by atoms with Crippen molar-refractivity contribution in [1.29, 1.82) is 0 Å². The molecule has 1 fully saturated rings. The van der Waals surface area contributed by atoms with Gasteiger partial charge in [-0.3, -0.25) is 19.5 Å². The summed E-state index contributed by atoms with van der Waals surface area (Å²) in [6.45, 7) is 6.00. The summed E-state index contributed by atoms with van der Waals surface area (Å²) in [5, 5.41) is 20.0. The van der Waals surface area contributed by atoms with Gasteiger partial charge >= 0.3 is 5.91 Å². The van der Waals surface area contributed by atoms with Gasteiger partial charge < -0.3 is 9.84 Å². The molecule has 2 aromatic heterocycles. The van der Waals surface area contributed by atoms with Crippen molar-refractivity contribution >= 4 is 45.7 Å². The molecule has 0 bridgehead atoms. The van der Waals surface area contributed by atoms with Crippen molar-refractivity contribution in [1.82, 2.24) is 15.2 Å². The van der Waals surface area contributed by atoms with E-state index in [1.54, 1.807) is 42.5 Å². The summed E-state index contributed by atoms with van der Waals surface area (Å²) < 4.78 is 6.35. The SMILES string of the molecule is C=CCOc1cccc(C2/C(=C(\O)c3ccncc3)C(=O)C(=O)N2c2nnc(SCc3ccc(C)cc3)s2)c1. The molecule has 0 saturated carbocycles. The van der Waals surface area contributed by atoms with E-state index in [1.807, 2.05) is 6.92 Å². The molecular weight excluding hydrogens is 532 g/mol. The largest absolute Gasteiger partial charge is 0.507 e. The van der Waals surface area contributed by atoms with Gasteiger partial charge in [0.2, 0.25) is 5.13 Å². The van der Waals surface area contributed by atoms with E-state index in [9.17, 15) is 14.7 Å². The first-order valence-corrected chi connectivity index (χ1v) is 13.8. The number of nitrogens with zero attached hydrogens (tertiary/aromatic N) is 4. The van der Waals surface area contributed by atoms with E-state index >= 15 is 0 Å². The summed E-state index contributed by atoms with van der Waals surface area (Å²) in [5.41, 5.74) is 3.23. The summed E-state index contributed by atoms with van der Waals surface area (Å²) in [6, 6.07) is 17.5. The average molecular weight is 557 g/mol. The molecule has 0 spiro atoms. The molecule has 1 saturated heterocycles. The van der Waals surface area contributed by atoms with Crippen molar-refractivity contribution in [3.05, 3.63) is 114 Å². The molecule has 4 aromatic rings. The Bertz CT molecular complexity index is 1550. The topological polar surface area (TPSA) is 106 Å². The number of thioether (sulfide) groups is 1. The first-order chi connectivity index (χ1) is 19.0. The standard InChI is InChI=1S/C29H24N4O4S2/c1-3-15-37-22-6-4-5-21(16-22)24-23(25(34)20-11-13-30-14-12-20)26(35)27(36)33(24)28-31-32-29(39-28)38-17-19-9-7-18(2)8-10-19/h3-14,16,24,34H,1,15,17H2,2H3/b25-23+. The van der Waals surface area contributed by atoms with Crippen LogP contribution in [0.25, 0.3) is 5.76 Å². The van der Waals surface area contributed by atoms with Crippen LogP contribution < -0.4 is 9.64 Å². The van der Waals surface area contributed by atoms with E-state index in [0.29, 0.717) is 33.6 Å². The molecule has 1 unspecified atom stereocenters. The third-order valence-corrected chi connectivity index (χ3v) is 8.15. The lowest BCUT2D eigenvalue weighted by Gasteiger charge is -2.23. The lowest BCUT2D eigenvalue weighted by atomic mass is 9.95. The zero-order valence-electron chi connectivity index (χ0n) is 21.0. The number of benzene rings is 2. The van der Waals surface area contributed by atoms with Crippen molar-refractivity contribution in [2.45, 2.75) is 23.1 Å². The van der Waals surface area contributed by atoms with Crippen molar-refractivity contribution in [2.24, 2.45) is 0 Å². The first-order valence-electron chi connectivity index (χ1n) is 12.0. The number of hydrogen-bond donors (Lipinski definition) is 1. The average Bonchev–Trinajstić information content (AvgIpc) is 3.53. The van der Waals surface area contributed by atoms with E-state index < -0.39 is 17.7 Å². The predicted octanol–water partition coefficient (Wildman–Crippen LogP) is 5.72. The number of aliphatic hydroxyl groups excluding tert-OH is 1. The highest BCUT2D eigenvalue weighted by atomic mass is 32.2. The van der Waals surface area contributed by atoms with Crippen LogP contribution in [0.3, 0.4) is 0 Å².